The van der Waals surface area contributed by atoms with Gasteiger partial charge in [0.05, 0.1) is 6.54 Å². The van der Waals surface area contributed by atoms with Gasteiger partial charge < -0.3 is 11.1 Å². The van der Waals surface area contributed by atoms with Crippen LogP contribution in [-0.4, -0.2) is 36.5 Å². The van der Waals surface area contributed by atoms with Crippen LogP contribution in [0.5, 0.6) is 0 Å². The highest BCUT2D eigenvalue weighted by molar-refractivity contribution is 6.31. The number of rotatable bonds is 3. The minimum Gasteiger partial charge on any atom is -0.327 e. The first-order valence-electron chi connectivity index (χ1n) is 6.58. The van der Waals surface area contributed by atoms with Crippen LogP contribution in [-0.2, 0) is 4.79 Å². The summed E-state index contributed by atoms with van der Waals surface area (Å²) in [5.41, 5.74) is 7.64. The Morgan fingerprint density at radius 2 is 2.30 bits per heavy atom. The Labute approximate surface area is 131 Å². The molecular weight excluding hydrogens is 297 g/mol. The molecule has 1 amide bonds. The number of anilines is 1. The number of nitrogens with zero attached hydrogens (tertiary/aromatic N) is 1. The van der Waals surface area contributed by atoms with Gasteiger partial charge in [0.1, 0.15) is 0 Å². The third-order valence-corrected chi connectivity index (χ3v) is 3.77. The van der Waals surface area contributed by atoms with Gasteiger partial charge in [-0.15, -0.1) is 12.4 Å². The number of nitrogens with one attached hydrogen (secondary N) is 1. The number of halogens is 2. The van der Waals surface area contributed by atoms with Crippen LogP contribution in [0, 0.1) is 6.92 Å². The Balaban J connectivity index is 0.00000200. The molecule has 0 aromatic heterocycles. The van der Waals surface area contributed by atoms with E-state index in [1.165, 1.54) is 0 Å². The third-order valence-electron chi connectivity index (χ3n) is 3.36. The number of carbonyl (C=O) groups excluding carboxylic acids is 1. The molecule has 2 rings (SSSR count). The highest BCUT2D eigenvalue weighted by atomic mass is 35.5. The second kappa shape index (κ2) is 7.84. The second-order valence-electron chi connectivity index (χ2n) is 5.15. The minimum absolute atomic E-state index is 0. The number of hydrogen-bond acceptors (Lipinski definition) is 3. The van der Waals surface area contributed by atoms with Gasteiger partial charge in [0.25, 0.3) is 0 Å². The Hall–Kier alpha value is -0.810. The van der Waals surface area contributed by atoms with Gasteiger partial charge in [-0.25, -0.2) is 0 Å². The van der Waals surface area contributed by atoms with Crippen LogP contribution in [0.3, 0.4) is 0 Å². The van der Waals surface area contributed by atoms with Crippen LogP contribution in [0.15, 0.2) is 18.2 Å². The van der Waals surface area contributed by atoms with Gasteiger partial charge in [0.15, 0.2) is 0 Å². The molecule has 0 spiro atoms. The van der Waals surface area contributed by atoms with Crippen molar-refractivity contribution in [2.75, 3.05) is 25.0 Å². The van der Waals surface area contributed by atoms with E-state index in [0.717, 1.165) is 37.2 Å². The zero-order valence-corrected chi connectivity index (χ0v) is 13.1. The second-order valence-corrected chi connectivity index (χ2v) is 5.56. The van der Waals surface area contributed by atoms with Crippen LogP contribution in [0.25, 0.3) is 0 Å². The van der Waals surface area contributed by atoms with Gasteiger partial charge in [-0.3, -0.25) is 9.69 Å². The van der Waals surface area contributed by atoms with Crippen molar-refractivity contribution in [1.29, 1.82) is 0 Å². The van der Waals surface area contributed by atoms with E-state index in [1.54, 1.807) is 6.07 Å². The fourth-order valence-electron chi connectivity index (χ4n) is 2.31. The van der Waals surface area contributed by atoms with Crippen molar-refractivity contribution in [2.24, 2.45) is 5.73 Å². The summed E-state index contributed by atoms with van der Waals surface area (Å²) in [6.45, 7) is 4.06. The zero-order chi connectivity index (χ0) is 13.8. The molecule has 0 radical (unpaired) electrons. The zero-order valence-electron chi connectivity index (χ0n) is 11.6. The number of amides is 1. The molecule has 1 aromatic rings. The van der Waals surface area contributed by atoms with Gasteiger partial charge in [0, 0.05) is 23.3 Å². The fraction of sp³-hybridized carbons (Fsp3) is 0.500. The van der Waals surface area contributed by atoms with Crippen molar-refractivity contribution in [3.8, 4) is 0 Å². The van der Waals surface area contributed by atoms with E-state index < -0.39 is 0 Å². The Morgan fingerprint density at radius 1 is 1.55 bits per heavy atom. The lowest BCUT2D eigenvalue weighted by atomic mass is 10.1. The first kappa shape index (κ1) is 17.2. The van der Waals surface area contributed by atoms with Gasteiger partial charge in [0.2, 0.25) is 5.91 Å². The number of piperidine rings is 1. The number of aryl methyl sites for hydroxylation is 1. The summed E-state index contributed by atoms with van der Waals surface area (Å²) >= 11 is 6.03. The van der Waals surface area contributed by atoms with E-state index in [4.69, 9.17) is 17.3 Å². The molecule has 1 saturated heterocycles. The van der Waals surface area contributed by atoms with Gasteiger partial charge in [-0.1, -0.05) is 17.7 Å². The maximum atomic E-state index is 11.9. The monoisotopic (exact) mass is 317 g/mol. The van der Waals surface area contributed by atoms with Crippen molar-refractivity contribution in [3.05, 3.63) is 28.8 Å². The quantitative estimate of drug-likeness (QED) is 0.900. The normalized spacial score (nSPS) is 19.2. The summed E-state index contributed by atoms with van der Waals surface area (Å²) in [6.07, 6.45) is 2.11. The topological polar surface area (TPSA) is 58.4 Å². The maximum Gasteiger partial charge on any atom is 0.238 e. The first-order chi connectivity index (χ1) is 9.04. The largest absolute Gasteiger partial charge is 0.327 e. The smallest absolute Gasteiger partial charge is 0.238 e. The fourth-order valence-corrected chi connectivity index (χ4v) is 2.49. The van der Waals surface area contributed by atoms with E-state index in [1.807, 2.05) is 19.1 Å². The summed E-state index contributed by atoms with van der Waals surface area (Å²) in [5, 5.41) is 3.53. The average Bonchev–Trinajstić information content (AvgIpc) is 2.34. The molecule has 0 saturated carbocycles. The van der Waals surface area contributed by atoms with Gasteiger partial charge in [-0.05, 0) is 44.0 Å². The van der Waals surface area contributed by atoms with E-state index >= 15 is 0 Å². The maximum absolute atomic E-state index is 11.9. The molecule has 0 aliphatic carbocycles. The molecule has 1 aliphatic heterocycles. The van der Waals surface area contributed by atoms with Crippen molar-refractivity contribution < 1.29 is 4.79 Å². The molecule has 1 heterocycles. The van der Waals surface area contributed by atoms with E-state index in [2.05, 4.69) is 10.2 Å². The summed E-state index contributed by atoms with van der Waals surface area (Å²) in [4.78, 5) is 14.0. The Morgan fingerprint density at radius 3 is 2.95 bits per heavy atom. The number of benzene rings is 1. The molecular formula is C14H21Cl2N3O. The summed E-state index contributed by atoms with van der Waals surface area (Å²) in [7, 11) is 0. The Bertz CT molecular complexity index is 468. The molecule has 1 fully saturated rings. The number of likely N-dealkylation sites (tertiary alicyclic amines) is 1. The molecule has 3 N–H and O–H groups in total. The Kier molecular flexibility index (Phi) is 6.76. The van der Waals surface area contributed by atoms with E-state index in [-0.39, 0.29) is 24.4 Å². The van der Waals surface area contributed by atoms with Crippen molar-refractivity contribution in [3.63, 3.8) is 0 Å². The van der Waals surface area contributed by atoms with Crippen molar-refractivity contribution >= 4 is 35.6 Å². The number of carbonyl (C=O) groups is 1. The SMILES string of the molecule is Cc1ccc(NC(=O)CN2CCC[C@@H](N)C2)cc1Cl.Cl. The lowest BCUT2D eigenvalue weighted by Gasteiger charge is -2.29. The van der Waals surface area contributed by atoms with Gasteiger partial charge >= 0.3 is 0 Å². The lowest BCUT2D eigenvalue weighted by molar-refractivity contribution is -0.117. The van der Waals surface area contributed by atoms with Crippen LogP contribution >= 0.6 is 24.0 Å². The third kappa shape index (κ3) is 4.94. The highest BCUT2D eigenvalue weighted by Gasteiger charge is 2.18. The average molecular weight is 318 g/mol. The van der Waals surface area contributed by atoms with Crippen molar-refractivity contribution in [1.82, 2.24) is 4.90 Å². The standard InChI is InChI=1S/C14H20ClN3O.ClH/c1-10-4-5-12(7-13(10)15)17-14(19)9-18-6-2-3-11(16)8-18;/h4-5,7,11H,2-3,6,8-9,16H2,1H3,(H,17,19);1H/t11-;/m1./s1. The van der Waals surface area contributed by atoms with E-state index in [0.29, 0.717) is 11.6 Å². The number of hydrogen-bond donors (Lipinski definition) is 2. The van der Waals surface area contributed by atoms with Crippen LogP contribution in [0.2, 0.25) is 5.02 Å². The van der Waals surface area contributed by atoms with Crippen LogP contribution in [0.1, 0.15) is 18.4 Å². The molecule has 6 heteroatoms. The predicted molar refractivity (Wildman–Crippen MR) is 85.7 cm³/mol. The van der Waals surface area contributed by atoms with Crippen LogP contribution in [0.4, 0.5) is 5.69 Å². The molecule has 20 heavy (non-hydrogen) atoms. The summed E-state index contributed by atoms with van der Waals surface area (Å²) < 4.78 is 0. The molecule has 1 aromatic carbocycles. The summed E-state index contributed by atoms with van der Waals surface area (Å²) in [6, 6.07) is 5.72. The summed E-state index contributed by atoms with van der Waals surface area (Å²) in [5.74, 6) is -0.0194. The van der Waals surface area contributed by atoms with E-state index in [9.17, 15) is 4.79 Å². The van der Waals surface area contributed by atoms with Gasteiger partial charge in [-0.2, -0.15) is 0 Å². The predicted octanol–water partition coefficient (Wildman–Crippen LogP) is 2.43. The first-order valence-corrected chi connectivity index (χ1v) is 6.96. The molecule has 0 unspecified atom stereocenters. The van der Waals surface area contributed by atoms with Crippen LogP contribution < -0.4 is 11.1 Å². The lowest BCUT2D eigenvalue weighted by Crippen LogP contribution is -2.45. The molecule has 1 aliphatic rings. The molecule has 1 atom stereocenters. The highest BCUT2D eigenvalue weighted by Crippen LogP contribution is 2.20. The minimum atomic E-state index is -0.0194. The molecule has 0 bridgehead atoms. The molecule has 112 valence electrons. The van der Waals surface area contributed by atoms with Crippen molar-refractivity contribution in [2.45, 2.75) is 25.8 Å². The molecule has 4 nitrogen and oxygen atoms in total. The number of nitrogens with two attached hydrogens (primary N) is 1.